The molecule has 0 spiro atoms. The summed E-state index contributed by atoms with van der Waals surface area (Å²) in [5.41, 5.74) is 12.3. The molecule has 0 atom stereocenters. The van der Waals surface area contributed by atoms with E-state index in [1.54, 1.807) is 0 Å². The molecule has 0 radical (unpaired) electrons. The highest BCUT2D eigenvalue weighted by Crippen LogP contribution is 2.54. The summed E-state index contributed by atoms with van der Waals surface area (Å²) in [6, 6.07) is 24.5. The molecule has 1 aliphatic rings. The summed E-state index contributed by atoms with van der Waals surface area (Å²) >= 11 is 7.17. The first-order valence-corrected chi connectivity index (χ1v) is 7.33. The topological polar surface area (TPSA) is 26.0 Å². The maximum atomic E-state index is 7.17. The molecule has 1 aliphatic carbocycles. The van der Waals surface area contributed by atoms with Crippen LogP contribution in [0.5, 0.6) is 0 Å². The summed E-state index contributed by atoms with van der Waals surface area (Å²) in [6.45, 7) is 0. The van der Waals surface area contributed by atoms with E-state index < -0.39 is 4.87 Å². The zero-order valence-electron chi connectivity index (χ0n) is 11.4. The first-order valence-electron chi connectivity index (χ1n) is 6.95. The van der Waals surface area contributed by atoms with E-state index in [1.165, 1.54) is 11.1 Å². The SMILES string of the molecule is Nc1ccc(C2(Cl)c3ccccc3-c3ccccc32)cc1. The lowest BCUT2D eigenvalue weighted by molar-refractivity contribution is 0.912. The lowest BCUT2D eigenvalue weighted by atomic mass is 9.88. The fraction of sp³-hybridized carbons (Fsp3) is 0.0526. The van der Waals surface area contributed by atoms with Gasteiger partial charge in [0.05, 0.1) is 0 Å². The number of rotatable bonds is 1. The number of nitrogen functional groups attached to an aromatic ring is 1. The summed E-state index contributed by atoms with van der Waals surface area (Å²) in [5.74, 6) is 0. The van der Waals surface area contributed by atoms with Gasteiger partial charge in [0.2, 0.25) is 0 Å². The third-order valence-corrected chi connectivity index (χ3v) is 4.82. The molecule has 3 aromatic carbocycles. The lowest BCUT2D eigenvalue weighted by Crippen LogP contribution is -2.19. The predicted molar refractivity (Wildman–Crippen MR) is 88.5 cm³/mol. The molecule has 0 aromatic heterocycles. The van der Waals surface area contributed by atoms with Crippen LogP contribution in [0.4, 0.5) is 5.69 Å². The second-order valence-electron chi connectivity index (χ2n) is 5.37. The number of hydrogen-bond acceptors (Lipinski definition) is 1. The minimum absolute atomic E-state index is 0.638. The molecule has 2 N–H and O–H groups in total. The fourth-order valence-electron chi connectivity index (χ4n) is 3.21. The maximum absolute atomic E-state index is 7.17. The predicted octanol–water partition coefficient (Wildman–Crippen LogP) is 4.78. The molecule has 0 saturated heterocycles. The van der Waals surface area contributed by atoms with Crippen LogP contribution in [0.15, 0.2) is 72.8 Å². The van der Waals surface area contributed by atoms with Gasteiger partial charge < -0.3 is 5.73 Å². The molecular formula is C19H14ClN. The third kappa shape index (κ3) is 1.64. The van der Waals surface area contributed by atoms with Crippen LogP contribution < -0.4 is 5.73 Å². The lowest BCUT2D eigenvalue weighted by Gasteiger charge is -2.25. The average Bonchev–Trinajstić information content (AvgIpc) is 2.80. The second-order valence-corrected chi connectivity index (χ2v) is 5.94. The molecule has 0 heterocycles. The number of benzene rings is 3. The molecule has 0 aliphatic heterocycles. The second kappa shape index (κ2) is 4.37. The van der Waals surface area contributed by atoms with Gasteiger partial charge in [-0.15, -0.1) is 11.6 Å². The Kier molecular flexibility index (Phi) is 2.60. The van der Waals surface area contributed by atoms with Crippen LogP contribution in [-0.4, -0.2) is 0 Å². The van der Waals surface area contributed by atoms with Crippen LogP contribution in [0.1, 0.15) is 16.7 Å². The Bertz CT molecular complexity index is 775. The number of alkyl halides is 1. The molecular weight excluding hydrogens is 278 g/mol. The number of nitrogens with two attached hydrogens (primary N) is 1. The Labute approximate surface area is 129 Å². The standard InChI is InChI=1S/C19H14ClN/c20-19(13-9-11-14(21)12-10-13)17-7-3-1-5-15(17)16-6-2-4-8-18(16)19/h1-12H,21H2. The smallest absolute Gasteiger partial charge is 0.121 e. The van der Waals surface area contributed by atoms with Gasteiger partial charge in [-0.25, -0.2) is 0 Å². The summed E-state index contributed by atoms with van der Waals surface area (Å²) in [6.07, 6.45) is 0. The molecule has 4 rings (SSSR count). The van der Waals surface area contributed by atoms with Crippen LogP contribution in [0.25, 0.3) is 11.1 Å². The van der Waals surface area contributed by atoms with Crippen molar-refractivity contribution in [1.29, 1.82) is 0 Å². The molecule has 1 nitrogen and oxygen atoms in total. The van der Waals surface area contributed by atoms with Crippen molar-refractivity contribution in [3.8, 4) is 11.1 Å². The van der Waals surface area contributed by atoms with Gasteiger partial charge in [-0.1, -0.05) is 60.7 Å². The van der Waals surface area contributed by atoms with Crippen molar-refractivity contribution in [1.82, 2.24) is 0 Å². The van der Waals surface area contributed by atoms with E-state index in [4.69, 9.17) is 17.3 Å². The molecule has 0 fully saturated rings. The summed E-state index contributed by atoms with van der Waals surface area (Å²) < 4.78 is 0. The average molecular weight is 292 g/mol. The van der Waals surface area contributed by atoms with Crippen molar-refractivity contribution in [2.75, 3.05) is 5.73 Å². The highest BCUT2D eigenvalue weighted by Gasteiger charge is 2.42. The fourth-order valence-corrected chi connectivity index (χ4v) is 3.66. The van der Waals surface area contributed by atoms with E-state index in [1.807, 2.05) is 36.4 Å². The van der Waals surface area contributed by atoms with Crippen LogP contribution >= 0.6 is 11.6 Å². The number of halogens is 1. The van der Waals surface area contributed by atoms with Crippen molar-refractivity contribution in [3.63, 3.8) is 0 Å². The minimum Gasteiger partial charge on any atom is -0.399 e. The zero-order valence-corrected chi connectivity index (χ0v) is 12.1. The van der Waals surface area contributed by atoms with Crippen LogP contribution in [0.2, 0.25) is 0 Å². The summed E-state index contributed by atoms with van der Waals surface area (Å²) in [7, 11) is 0. The van der Waals surface area contributed by atoms with Gasteiger partial charge in [-0.2, -0.15) is 0 Å². The van der Waals surface area contributed by atoms with Crippen molar-refractivity contribution in [2.24, 2.45) is 0 Å². The van der Waals surface area contributed by atoms with Crippen molar-refractivity contribution < 1.29 is 0 Å². The van der Waals surface area contributed by atoms with Crippen LogP contribution in [0.3, 0.4) is 0 Å². The highest BCUT2D eigenvalue weighted by molar-refractivity contribution is 6.30. The van der Waals surface area contributed by atoms with Gasteiger partial charge >= 0.3 is 0 Å². The molecule has 0 bridgehead atoms. The summed E-state index contributed by atoms with van der Waals surface area (Å²) in [4.78, 5) is -0.638. The van der Waals surface area contributed by atoms with Gasteiger partial charge in [0, 0.05) is 5.69 Å². The largest absolute Gasteiger partial charge is 0.399 e. The van der Waals surface area contributed by atoms with Gasteiger partial charge in [0.25, 0.3) is 0 Å². The first-order chi connectivity index (χ1) is 10.2. The van der Waals surface area contributed by atoms with Crippen molar-refractivity contribution >= 4 is 17.3 Å². The van der Waals surface area contributed by atoms with E-state index in [9.17, 15) is 0 Å². The highest BCUT2D eigenvalue weighted by atomic mass is 35.5. The molecule has 0 amide bonds. The number of anilines is 1. The van der Waals surface area contributed by atoms with Crippen LogP contribution in [0, 0.1) is 0 Å². The van der Waals surface area contributed by atoms with E-state index in [0.717, 1.165) is 22.4 Å². The molecule has 102 valence electrons. The molecule has 21 heavy (non-hydrogen) atoms. The van der Waals surface area contributed by atoms with E-state index in [0.29, 0.717) is 0 Å². The van der Waals surface area contributed by atoms with Gasteiger partial charge in [0.15, 0.2) is 0 Å². The molecule has 2 heteroatoms. The van der Waals surface area contributed by atoms with E-state index >= 15 is 0 Å². The van der Waals surface area contributed by atoms with E-state index in [2.05, 4.69) is 36.4 Å². The van der Waals surface area contributed by atoms with Crippen molar-refractivity contribution in [3.05, 3.63) is 89.5 Å². The van der Waals surface area contributed by atoms with Gasteiger partial charge in [0.1, 0.15) is 4.87 Å². The molecule has 3 aromatic rings. The Morgan fingerprint density at radius 3 is 1.67 bits per heavy atom. The summed E-state index contributed by atoms with van der Waals surface area (Å²) in [5, 5.41) is 0. The maximum Gasteiger partial charge on any atom is 0.121 e. The van der Waals surface area contributed by atoms with E-state index in [-0.39, 0.29) is 0 Å². The first kappa shape index (κ1) is 12.5. The minimum atomic E-state index is -0.638. The van der Waals surface area contributed by atoms with Crippen molar-refractivity contribution in [2.45, 2.75) is 4.87 Å². The Hall–Kier alpha value is -2.25. The quantitative estimate of drug-likeness (QED) is 0.507. The number of hydrogen-bond donors (Lipinski definition) is 1. The molecule has 0 unspecified atom stereocenters. The zero-order chi connectivity index (χ0) is 14.4. The molecule has 0 saturated carbocycles. The normalized spacial score (nSPS) is 14.5. The number of fused-ring (bicyclic) bond motifs is 3. The Morgan fingerprint density at radius 1 is 0.667 bits per heavy atom. The van der Waals surface area contributed by atoms with Gasteiger partial charge in [-0.3, -0.25) is 0 Å². The Balaban J connectivity index is 2.06. The van der Waals surface area contributed by atoms with Gasteiger partial charge in [-0.05, 0) is 39.9 Å². The van der Waals surface area contributed by atoms with Crippen LogP contribution in [-0.2, 0) is 4.87 Å². The Morgan fingerprint density at radius 2 is 1.14 bits per heavy atom. The third-order valence-electron chi connectivity index (χ3n) is 4.20. The monoisotopic (exact) mass is 291 g/mol.